The Labute approximate surface area is 102 Å². The summed E-state index contributed by atoms with van der Waals surface area (Å²) in [5.74, 6) is 1.71. The molecule has 0 aliphatic carbocycles. The van der Waals surface area contributed by atoms with E-state index in [1.165, 1.54) is 45.4 Å². The summed E-state index contributed by atoms with van der Waals surface area (Å²) in [4.78, 5) is 2.74. The lowest BCUT2D eigenvalue weighted by molar-refractivity contribution is 0.0956. The Morgan fingerprint density at radius 2 is 1.88 bits per heavy atom. The van der Waals surface area contributed by atoms with E-state index in [1.54, 1.807) is 0 Å². The van der Waals surface area contributed by atoms with Crippen LogP contribution in [0, 0.1) is 11.8 Å². The van der Waals surface area contributed by atoms with Gasteiger partial charge >= 0.3 is 0 Å². The molecular weight excluding hydrogens is 196 g/mol. The maximum atomic E-state index is 3.55. The van der Waals surface area contributed by atoms with E-state index in [0.717, 1.165) is 17.9 Å². The van der Waals surface area contributed by atoms with Crippen LogP contribution in [0.3, 0.4) is 0 Å². The van der Waals surface area contributed by atoms with Crippen molar-refractivity contribution in [2.24, 2.45) is 11.8 Å². The Bertz CT molecular complexity index is 178. The van der Waals surface area contributed by atoms with Crippen molar-refractivity contribution >= 4 is 0 Å². The topological polar surface area (TPSA) is 15.3 Å². The molecule has 1 fully saturated rings. The van der Waals surface area contributed by atoms with Gasteiger partial charge in [0.15, 0.2) is 0 Å². The van der Waals surface area contributed by atoms with Crippen LogP contribution >= 0.6 is 0 Å². The third-order valence-corrected chi connectivity index (χ3v) is 4.35. The first-order chi connectivity index (χ1) is 7.72. The SMILES string of the molecule is CCC(CC)CN1CCNCC1C(C)CC. The van der Waals surface area contributed by atoms with Gasteiger partial charge in [0.1, 0.15) is 0 Å². The Hall–Kier alpha value is -0.0800. The van der Waals surface area contributed by atoms with Gasteiger partial charge in [-0.2, -0.15) is 0 Å². The second-order valence-corrected chi connectivity index (χ2v) is 5.33. The number of hydrogen-bond donors (Lipinski definition) is 1. The van der Waals surface area contributed by atoms with Crippen molar-refractivity contribution < 1.29 is 0 Å². The molecule has 0 bridgehead atoms. The smallest absolute Gasteiger partial charge is 0.0246 e. The van der Waals surface area contributed by atoms with E-state index >= 15 is 0 Å². The summed E-state index contributed by atoms with van der Waals surface area (Å²) in [7, 11) is 0. The Morgan fingerprint density at radius 1 is 1.19 bits per heavy atom. The lowest BCUT2D eigenvalue weighted by Gasteiger charge is -2.41. The first kappa shape index (κ1) is 14.0. The van der Waals surface area contributed by atoms with Gasteiger partial charge in [-0.1, -0.05) is 47.0 Å². The van der Waals surface area contributed by atoms with Crippen LogP contribution in [0.5, 0.6) is 0 Å². The molecule has 0 amide bonds. The van der Waals surface area contributed by atoms with E-state index < -0.39 is 0 Å². The van der Waals surface area contributed by atoms with Crippen molar-refractivity contribution in [2.75, 3.05) is 26.2 Å². The number of nitrogens with zero attached hydrogens (tertiary/aromatic N) is 1. The standard InChI is InChI=1S/C14H30N2/c1-5-12(4)14-10-15-8-9-16(14)11-13(6-2)7-3/h12-15H,5-11H2,1-4H3. The highest BCUT2D eigenvalue weighted by Gasteiger charge is 2.27. The molecule has 1 rings (SSSR count). The van der Waals surface area contributed by atoms with Gasteiger partial charge in [-0.05, 0) is 11.8 Å². The van der Waals surface area contributed by atoms with E-state index in [0.29, 0.717) is 0 Å². The van der Waals surface area contributed by atoms with Crippen LogP contribution in [0.2, 0.25) is 0 Å². The Kier molecular flexibility index (Phi) is 6.37. The van der Waals surface area contributed by atoms with Crippen LogP contribution in [0.15, 0.2) is 0 Å². The fraction of sp³-hybridized carbons (Fsp3) is 1.00. The van der Waals surface area contributed by atoms with Crippen molar-refractivity contribution in [1.82, 2.24) is 10.2 Å². The number of hydrogen-bond acceptors (Lipinski definition) is 2. The van der Waals surface area contributed by atoms with Crippen LogP contribution in [0.25, 0.3) is 0 Å². The molecule has 1 aliphatic rings. The predicted molar refractivity (Wildman–Crippen MR) is 71.8 cm³/mol. The summed E-state index contributed by atoms with van der Waals surface area (Å²) >= 11 is 0. The highest BCUT2D eigenvalue weighted by molar-refractivity contribution is 4.84. The molecular formula is C14H30N2. The van der Waals surface area contributed by atoms with Gasteiger partial charge in [0.25, 0.3) is 0 Å². The van der Waals surface area contributed by atoms with Crippen LogP contribution in [0.1, 0.15) is 47.0 Å². The maximum Gasteiger partial charge on any atom is 0.0246 e. The quantitative estimate of drug-likeness (QED) is 0.749. The molecule has 0 aromatic heterocycles. The molecule has 0 saturated carbocycles. The van der Waals surface area contributed by atoms with Crippen LogP contribution < -0.4 is 5.32 Å². The third-order valence-electron chi connectivity index (χ3n) is 4.35. The molecule has 1 N–H and O–H groups in total. The van der Waals surface area contributed by atoms with E-state index in [2.05, 4.69) is 37.9 Å². The van der Waals surface area contributed by atoms with Crippen molar-refractivity contribution in [2.45, 2.75) is 53.0 Å². The summed E-state index contributed by atoms with van der Waals surface area (Å²) < 4.78 is 0. The molecule has 0 spiro atoms. The van der Waals surface area contributed by atoms with Gasteiger partial charge in [0.05, 0.1) is 0 Å². The molecule has 0 aromatic rings. The minimum Gasteiger partial charge on any atom is -0.314 e. The van der Waals surface area contributed by atoms with Crippen LogP contribution in [-0.2, 0) is 0 Å². The fourth-order valence-corrected chi connectivity index (χ4v) is 2.71. The van der Waals surface area contributed by atoms with Gasteiger partial charge in [0.2, 0.25) is 0 Å². The summed E-state index contributed by atoms with van der Waals surface area (Å²) in [5, 5.41) is 3.55. The van der Waals surface area contributed by atoms with Crippen molar-refractivity contribution in [1.29, 1.82) is 0 Å². The summed E-state index contributed by atoms with van der Waals surface area (Å²) in [6, 6.07) is 0.763. The number of piperazine rings is 1. The predicted octanol–water partition coefficient (Wildman–Crippen LogP) is 2.74. The molecule has 0 aromatic carbocycles. The number of rotatable bonds is 6. The van der Waals surface area contributed by atoms with Crippen molar-refractivity contribution in [3.05, 3.63) is 0 Å². The van der Waals surface area contributed by atoms with Crippen molar-refractivity contribution in [3.63, 3.8) is 0 Å². The highest BCUT2D eigenvalue weighted by Crippen LogP contribution is 2.19. The molecule has 2 unspecified atom stereocenters. The van der Waals surface area contributed by atoms with Gasteiger partial charge in [0, 0.05) is 32.2 Å². The minimum atomic E-state index is 0.763. The first-order valence-corrected chi connectivity index (χ1v) is 7.17. The van der Waals surface area contributed by atoms with Crippen LogP contribution in [-0.4, -0.2) is 37.1 Å². The zero-order chi connectivity index (χ0) is 12.0. The Balaban J connectivity index is 2.52. The number of nitrogens with one attached hydrogen (secondary N) is 1. The first-order valence-electron chi connectivity index (χ1n) is 7.17. The molecule has 1 heterocycles. The Morgan fingerprint density at radius 3 is 2.44 bits per heavy atom. The largest absolute Gasteiger partial charge is 0.314 e. The average molecular weight is 226 g/mol. The highest BCUT2D eigenvalue weighted by atomic mass is 15.2. The van der Waals surface area contributed by atoms with Gasteiger partial charge in [-0.15, -0.1) is 0 Å². The maximum absolute atomic E-state index is 3.55. The minimum absolute atomic E-state index is 0.763. The molecule has 1 saturated heterocycles. The van der Waals surface area contributed by atoms with Crippen LogP contribution in [0.4, 0.5) is 0 Å². The molecule has 2 heteroatoms. The summed E-state index contributed by atoms with van der Waals surface area (Å²) in [6.07, 6.45) is 3.95. The summed E-state index contributed by atoms with van der Waals surface area (Å²) in [5.41, 5.74) is 0. The fourth-order valence-electron chi connectivity index (χ4n) is 2.71. The molecule has 1 aliphatic heterocycles. The zero-order valence-corrected chi connectivity index (χ0v) is 11.6. The van der Waals surface area contributed by atoms with E-state index in [4.69, 9.17) is 0 Å². The monoisotopic (exact) mass is 226 g/mol. The lowest BCUT2D eigenvalue weighted by atomic mass is 9.93. The normalized spacial score (nSPS) is 24.9. The average Bonchev–Trinajstić information content (AvgIpc) is 2.35. The van der Waals surface area contributed by atoms with E-state index in [-0.39, 0.29) is 0 Å². The third kappa shape index (κ3) is 3.74. The molecule has 2 nitrogen and oxygen atoms in total. The molecule has 16 heavy (non-hydrogen) atoms. The summed E-state index contributed by atoms with van der Waals surface area (Å²) in [6.45, 7) is 14.3. The van der Waals surface area contributed by atoms with Gasteiger partial charge < -0.3 is 5.32 Å². The second-order valence-electron chi connectivity index (χ2n) is 5.33. The zero-order valence-electron chi connectivity index (χ0n) is 11.6. The van der Waals surface area contributed by atoms with Gasteiger partial charge in [-0.3, -0.25) is 4.90 Å². The van der Waals surface area contributed by atoms with E-state index in [1.807, 2.05) is 0 Å². The molecule has 0 radical (unpaired) electrons. The van der Waals surface area contributed by atoms with Gasteiger partial charge in [-0.25, -0.2) is 0 Å². The molecule has 96 valence electrons. The van der Waals surface area contributed by atoms with Crippen molar-refractivity contribution in [3.8, 4) is 0 Å². The lowest BCUT2D eigenvalue weighted by Crippen LogP contribution is -2.55. The second kappa shape index (κ2) is 7.29. The van der Waals surface area contributed by atoms with E-state index in [9.17, 15) is 0 Å². The molecule has 2 atom stereocenters.